The van der Waals surface area contributed by atoms with Crippen molar-refractivity contribution in [3.63, 3.8) is 0 Å². The molecule has 0 bridgehead atoms. The van der Waals surface area contributed by atoms with Crippen molar-refractivity contribution in [2.75, 3.05) is 0 Å². The lowest BCUT2D eigenvalue weighted by Gasteiger charge is -2.41. The fourth-order valence-corrected chi connectivity index (χ4v) is 61.2. The van der Waals surface area contributed by atoms with Crippen LogP contribution in [0.1, 0.15) is 0 Å². The van der Waals surface area contributed by atoms with E-state index >= 15 is 0 Å². The summed E-state index contributed by atoms with van der Waals surface area (Å²) in [6.45, 7) is 10.9. The van der Waals surface area contributed by atoms with E-state index in [2.05, 4.69) is 85.2 Å². The fourth-order valence-electron chi connectivity index (χ4n) is 2.45. The van der Waals surface area contributed by atoms with E-state index in [1.165, 1.54) is 0 Å². The van der Waals surface area contributed by atoms with Crippen LogP contribution in [0, 0.1) is 0 Å². The molecule has 0 aromatic heterocycles. The summed E-state index contributed by atoms with van der Waals surface area (Å²) in [5.74, 6) is 0. The second-order valence-electron chi connectivity index (χ2n) is 5.13. The Kier molecular flexibility index (Phi) is 5.26. The summed E-state index contributed by atoms with van der Waals surface area (Å²) in [6.07, 6.45) is 0. The lowest BCUT2D eigenvalue weighted by atomic mass is 11.7. The van der Waals surface area contributed by atoms with Crippen molar-refractivity contribution in [3.05, 3.63) is 0 Å². The van der Waals surface area contributed by atoms with Crippen LogP contribution >= 0.6 is 45.9 Å². The van der Waals surface area contributed by atoms with Gasteiger partial charge in [0, 0.05) is 0 Å². The lowest BCUT2D eigenvalue weighted by Crippen LogP contribution is -2.51. The molecule has 0 aliphatic carbocycles. The summed E-state index contributed by atoms with van der Waals surface area (Å²) in [4.78, 5) is 0.896. The zero-order chi connectivity index (χ0) is 11.1. The quantitative estimate of drug-likeness (QED) is 0.427. The van der Waals surface area contributed by atoms with Gasteiger partial charge in [0.1, 0.15) is 20.1 Å². The van der Waals surface area contributed by atoms with Crippen molar-refractivity contribution >= 4 is 66.0 Å². The van der Waals surface area contributed by atoms with E-state index in [1.54, 1.807) is 0 Å². The van der Waals surface area contributed by atoms with Gasteiger partial charge in [-0.3, -0.25) is 0 Å². The molecule has 13 heavy (non-hydrogen) atoms. The van der Waals surface area contributed by atoms with E-state index in [0.29, 0.717) is 0 Å². The third kappa shape index (κ3) is 5.10. The molecule has 0 fully saturated rings. The monoisotopic (exact) mass is 424 g/mol. The zero-order valence-electron chi connectivity index (χ0n) is 9.21. The molecule has 6 heteroatoms. The predicted molar refractivity (Wildman–Crippen MR) is 83.0 cm³/mol. The minimum Gasteiger partial charge on any atom is -0.127 e. The van der Waals surface area contributed by atoms with Gasteiger partial charge in [0.2, 0.25) is 0 Å². The van der Waals surface area contributed by atoms with Gasteiger partial charge in [-0.2, -0.15) is 0 Å². The Bertz CT molecular complexity index is 142. The number of hydrogen-bond acceptors (Lipinski definition) is 0. The predicted octanol–water partition coefficient (Wildman–Crippen LogP) is 5.24. The number of hydrogen-bond donors (Lipinski definition) is 0. The summed E-state index contributed by atoms with van der Waals surface area (Å²) in [5, 5.41) is 0. The van der Waals surface area contributed by atoms with Gasteiger partial charge in [-0.25, -0.2) is 0 Å². The van der Waals surface area contributed by atoms with E-state index in [4.69, 9.17) is 0 Å². The van der Waals surface area contributed by atoms with Gasteiger partial charge in [-0.05, 0) is 4.79 Å². The second kappa shape index (κ2) is 4.53. The molecular weight excluding hydrogens is 408 g/mol. The first-order valence-corrected chi connectivity index (χ1v) is 20.4. The average molecular weight is 427 g/mol. The number of halogens is 3. The van der Waals surface area contributed by atoms with Crippen LogP contribution in [-0.4, -0.2) is 20.1 Å². The van der Waals surface area contributed by atoms with Crippen LogP contribution in [0.4, 0.5) is 0 Å². The van der Waals surface area contributed by atoms with E-state index < -0.39 is 20.1 Å². The van der Waals surface area contributed by atoms with Crippen LogP contribution in [0.15, 0.2) is 0 Å². The molecule has 0 aromatic rings. The maximum Gasteiger partial charge on any atom is 0.123 e. The molecule has 0 aliphatic heterocycles. The lowest BCUT2D eigenvalue weighted by molar-refractivity contribution is 1.49. The van der Waals surface area contributed by atoms with Gasteiger partial charge in [-0.1, -0.05) is 39.3 Å². The summed E-state index contributed by atoms with van der Waals surface area (Å²) in [5.41, 5.74) is 0. The summed E-state index contributed by atoms with van der Waals surface area (Å²) in [6, 6.07) is 0. The topological polar surface area (TPSA) is 0 Å². The fraction of sp³-hybridized carbons (Fsp3) is 1.00. The van der Waals surface area contributed by atoms with Crippen molar-refractivity contribution in [2.24, 2.45) is 0 Å². The standard InChI is InChI=1S/C7H19Br3Si3/c1-11(2,8)7(12(3,4)9)13(5,6)10/h7H,1-6H3. The molecule has 0 aromatic carbocycles. The zero-order valence-corrected chi connectivity index (χ0v) is 17.0. The molecule has 0 saturated carbocycles. The van der Waals surface area contributed by atoms with Crippen molar-refractivity contribution in [2.45, 2.75) is 44.1 Å². The third-order valence-electron chi connectivity index (χ3n) is 2.06. The highest BCUT2D eigenvalue weighted by Gasteiger charge is 2.49. The first kappa shape index (κ1) is 15.1. The van der Waals surface area contributed by atoms with Crippen LogP contribution in [0.3, 0.4) is 0 Å². The molecule has 0 N–H and O–H groups in total. The molecule has 0 spiro atoms. The minimum absolute atomic E-state index is 0.896. The van der Waals surface area contributed by atoms with Crippen molar-refractivity contribution in [1.29, 1.82) is 0 Å². The van der Waals surface area contributed by atoms with E-state index in [9.17, 15) is 0 Å². The Balaban J connectivity index is 5.02. The third-order valence-corrected chi connectivity index (χ3v) is 30.9. The maximum atomic E-state index is 3.96. The van der Waals surface area contributed by atoms with Crippen molar-refractivity contribution < 1.29 is 0 Å². The Morgan fingerprint density at radius 1 is 0.615 bits per heavy atom. The summed E-state index contributed by atoms with van der Waals surface area (Å²) >= 11 is 11.9. The molecule has 0 saturated heterocycles. The molecule has 0 radical (unpaired) electrons. The highest BCUT2D eigenvalue weighted by atomic mass is 79.9. The molecule has 0 rings (SSSR count). The summed E-state index contributed by atoms with van der Waals surface area (Å²) < 4.78 is 0. The largest absolute Gasteiger partial charge is 0.127 e. The second-order valence-corrected chi connectivity index (χ2v) is 36.4. The van der Waals surface area contributed by atoms with Crippen LogP contribution in [0.5, 0.6) is 0 Å². The molecule has 0 atom stereocenters. The highest BCUT2D eigenvalue weighted by Crippen LogP contribution is 2.47. The van der Waals surface area contributed by atoms with Crippen LogP contribution in [0.2, 0.25) is 44.1 Å². The molecule has 80 valence electrons. The molecule has 0 heterocycles. The normalized spacial score (nSPS) is 15.2. The van der Waals surface area contributed by atoms with Crippen molar-refractivity contribution in [3.8, 4) is 0 Å². The first-order chi connectivity index (χ1) is 5.37. The molecule has 0 amide bonds. The molecular formula is C7H19Br3Si3. The van der Waals surface area contributed by atoms with E-state index in [1.807, 2.05) is 0 Å². The van der Waals surface area contributed by atoms with Gasteiger partial charge >= 0.3 is 0 Å². The maximum absolute atomic E-state index is 3.96. The molecule has 0 unspecified atom stereocenters. The molecule has 0 nitrogen and oxygen atoms in total. The van der Waals surface area contributed by atoms with Gasteiger partial charge in [0.15, 0.2) is 0 Å². The highest BCUT2D eigenvalue weighted by molar-refractivity contribution is 9.29. The Morgan fingerprint density at radius 2 is 0.769 bits per heavy atom. The average Bonchev–Trinajstić information content (AvgIpc) is 1.44. The van der Waals surface area contributed by atoms with Crippen LogP contribution in [-0.2, 0) is 0 Å². The van der Waals surface area contributed by atoms with Gasteiger partial charge in [-0.15, -0.1) is 45.9 Å². The van der Waals surface area contributed by atoms with E-state index in [-0.39, 0.29) is 0 Å². The van der Waals surface area contributed by atoms with Gasteiger partial charge in [0.05, 0.1) is 0 Å². The smallest absolute Gasteiger partial charge is 0.123 e. The van der Waals surface area contributed by atoms with Crippen LogP contribution in [0.25, 0.3) is 0 Å². The number of rotatable bonds is 3. The van der Waals surface area contributed by atoms with Gasteiger partial charge in [0.25, 0.3) is 0 Å². The Hall–Kier alpha value is 2.09. The molecule has 0 aliphatic rings. The van der Waals surface area contributed by atoms with E-state index in [0.717, 1.165) is 4.79 Å². The minimum atomic E-state index is -1.22. The SMILES string of the molecule is C[Si](C)(Br)C([Si](C)(C)Br)[Si](C)(C)Br. The van der Waals surface area contributed by atoms with Crippen molar-refractivity contribution in [1.82, 2.24) is 0 Å². The Labute approximate surface area is 109 Å². The summed E-state index contributed by atoms with van der Waals surface area (Å²) in [7, 11) is 0. The Morgan fingerprint density at radius 3 is 0.769 bits per heavy atom. The van der Waals surface area contributed by atoms with Gasteiger partial charge < -0.3 is 0 Å². The van der Waals surface area contributed by atoms with Crippen LogP contribution < -0.4 is 0 Å². The first-order valence-electron chi connectivity index (χ1n) is 4.43.